The maximum absolute atomic E-state index is 11.9. The summed E-state index contributed by atoms with van der Waals surface area (Å²) in [5, 5.41) is 0.916. The third kappa shape index (κ3) is 2.15. The number of hydrogen-bond acceptors (Lipinski definition) is 1. The number of benzene rings is 1. The van der Waals surface area contributed by atoms with Crippen molar-refractivity contribution in [3.63, 3.8) is 0 Å². The standard InChI is InChI=1S/C12H14OSeSi/c1-15(2,3)12-8-10(13)9-6-4-5-7-11(9)14-12/h4-8H,1-3H3. The van der Waals surface area contributed by atoms with Gasteiger partial charge < -0.3 is 0 Å². The molecule has 1 aromatic heterocycles. The van der Waals surface area contributed by atoms with Crippen LogP contribution in [0.4, 0.5) is 0 Å². The number of rotatable bonds is 1. The van der Waals surface area contributed by atoms with E-state index in [1.54, 1.807) is 0 Å². The molecule has 0 bridgehead atoms. The molecule has 0 N–H and O–H groups in total. The Morgan fingerprint density at radius 1 is 1.13 bits per heavy atom. The van der Waals surface area contributed by atoms with Gasteiger partial charge >= 0.3 is 96.5 Å². The Kier molecular flexibility index (Phi) is 2.71. The van der Waals surface area contributed by atoms with Gasteiger partial charge in [-0.15, -0.1) is 0 Å². The molecule has 0 radical (unpaired) electrons. The van der Waals surface area contributed by atoms with E-state index >= 15 is 0 Å². The summed E-state index contributed by atoms with van der Waals surface area (Å²) < 4.78 is 2.69. The van der Waals surface area contributed by atoms with E-state index in [9.17, 15) is 4.79 Å². The summed E-state index contributed by atoms with van der Waals surface area (Å²) >= 11 is 0.370. The third-order valence-corrected chi connectivity index (χ3v) is 10.3. The Balaban J connectivity index is 2.79. The van der Waals surface area contributed by atoms with E-state index < -0.39 is 8.07 Å². The molecule has 0 aliphatic carbocycles. The molecule has 0 aliphatic rings. The van der Waals surface area contributed by atoms with Gasteiger partial charge in [-0.1, -0.05) is 0 Å². The molecule has 2 aromatic rings. The van der Waals surface area contributed by atoms with E-state index in [2.05, 4.69) is 25.7 Å². The van der Waals surface area contributed by atoms with Crippen molar-refractivity contribution in [1.29, 1.82) is 0 Å². The van der Waals surface area contributed by atoms with Crippen LogP contribution < -0.4 is 9.49 Å². The Morgan fingerprint density at radius 2 is 1.80 bits per heavy atom. The Hall–Kier alpha value is -0.634. The van der Waals surface area contributed by atoms with Gasteiger partial charge in [0.1, 0.15) is 0 Å². The maximum atomic E-state index is 11.9. The molecular formula is C12H14OSeSi. The predicted molar refractivity (Wildman–Crippen MR) is 70.1 cm³/mol. The fourth-order valence-corrected chi connectivity index (χ4v) is 6.58. The van der Waals surface area contributed by atoms with E-state index in [0.29, 0.717) is 14.5 Å². The molecule has 0 saturated heterocycles. The molecule has 3 heteroatoms. The van der Waals surface area contributed by atoms with E-state index in [4.69, 9.17) is 0 Å². The molecular weight excluding hydrogens is 267 g/mol. The summed E-state index contributed by atoms with van der Waals surface area (Å²) in [4.78, 5) is 11.9. The summed E-state index contributed by atoms with van der Waals surface area (Å²) in [5.74, 6) is 0. The topological polar surface area (TPSA) is 17.1 Å². The zero-order valence-electron chi connectivity index (χ0n) is 9.20. The van der Waals surface area contributed by atoms with Gasteiger partial charge in [0.2, 0.25) is 0 Å². The summed E-state index contributed by atoms with van der Waals surface area (Å²) in [6, 6.07) is 9.91. The van der Waals surface area contributed by atoms with Gasteiger partial charge in [0.05, 0.1) is 0 Å². The second-order valence-electron chi connectivity index (χ2n) is 4.72. The monoisotopic (exact) mass is 282 g/mol. The minimum absolute atomic E-state index is 0.205. The predicted octanol–water partition coefficient (Wildman–Crippen LogP) is 1.80. The molecule has 0 aliphatic heterocycles. The first-order valence-electron chi connectivity index (χ1n) is 5.02. The molecule has 0 fully saturated rings. The fraction of sp³-hybridized carbons (Fsp3) is 0.250. The zero-order valence-corrected chi connectivity index (χ0v) is 11.9. The van der Waals surface area contributed by atoms with Crippen LogP contribution in [-0.2, 0) is 0 Å². The van der Waals surface area contributed by atoms with Crippen LogP contribution in [0.2, 0.25) is 19.6 Å². The van der Waals surface area contributed by atoms with Gasteiger partial charge in [0, 0.05) is 0 Å². The molecule has 2 rings (SSSR count). The molecule has 1 aromatic carbocycles. The van der Waals surface area contributed by atoms with Crippen LogP contribution in [0.5, 0.6) is 0 Å². The summed E-state index contributed by atoms with van der Waals surface area (Å²) in [5.41, 5.74) is 0.205. The van der Waals surface area contributed by atoms with Crippen LogP contribution in [0.1, 0.15) is 0 Å². The zero-order chi connectivity index (χ0) is 11.1. The Morgan fingerprint density at radius 3 is 2.47 bits per heavy atom. The minimum atomic E-state index is -1.30. The van der Waals surface area contributed by atoms with Gasteiger partial charge in [-0.2, -0.15) is 0 Å². The first-order chi connectivity index (χ1) is 6.98. The normalized spacial score (nSPS) is 11.9. The molecule has 0 amide bonds. The van der Waals surface area contributed by atoms with Crippen molar-refractivity contribution in [1.82, 2.24) is 0 Å². The molecule has 0 spiro atoms. The van der Waals surface area contributed by atoms with Crippen molar-refractivity contribution < 1.29 is 0 Å². The first kappa shape index (κ1) is 10.9. The average Bonchev–Trinajstić information content (AvgIpc) is 2.16. The van der Waals surface area contributed by atoms with Gasteiger partial charge in [-0.3, -0.25) is 0 Å². The van der Waals surface area contributed by atoms with E-state index in [-0.39, 0.29) is 5.43 Å². The summed E-state index contributed by atoms with van der Waals surface area (Å²) in [6.45, 7) is 6.92. The van der Waals surface area contributed by atoms with Crippen LogP contribution in [0.15, 0.2) is 35.1 Å². The van der Waals surface area contributed by atoms with Crippen molar-refractivity contribution in [3.8, 4) is 0 Å². The van der Waals surface area contributed by atoms with Crippen LogP contribution in [-0.4, -0.2) is 22.6 Å². The Labute approximate surface area is 96.5 Å². The van der Waals surface area contributed by atoms with Gasteiger partial charge in [-0.25, -0.2) is 0 Å². The SMILES string of the molecule is C[Si](C)(C)c1cc(=O)c2ccccc2[se]1. The van der Waals surface area contributed by atoms with Crippen molar-refractivity contribution >= 4 is 36.3 Å². The second kappa shape index (κ2) is 3.74. The summed E-state index contributed by atoms with van der Waals surface area (Å²) in [7, 11) is -1.30. The Bertz CT molecular complexity index is 551. The first-order valence-corrected chi connectivity index (χ1v) is 10.2. The number of fused-ring (bicyclic) bond motifs is 1. The van der Waals surface area contributed by atoms with Gasteiger partial charge in [-0.05, 0) is 0 Å². The molecule has 1 nitrogen and oxygen atoms in total. The van der Waals surface area contributed by atoms with Crippen molar-refractivity contribution in [2.45, 2.75) is 19.6 Å². The van der Waals surface area contributed by atoms with Crippen molar-refractivity contribution in [2.75, 3.05) is 0 Å². The average molecular weight is 281 g/mol. The fourth-order valence-electron chi connectivity index (χ4n) is 1.47. The molecule has 0 atom stereocenters. The van der Waals surface area contributed by atoms with Crippen LogP contribution in [0.25, 0.3) is 9.65 Å². The molecule has 0 unspecified atom stereocenters. The third-order valence-electron chi connectivity index (χ3n) is 2.37. The van der Waals surface area contributed by atoms with Crippen LogP contribution in [0, 0.1) is 0 Å². The molecule has 0 saturated carbocycles. The molecule has 78 valence electrons. The van der Waals surface area contributed by atoms with Gasteiger partial charge in [0.25, 0.3) is 0 Å². The van der Waals surface area contributed by atoms with E-state index in [1.165, 1.54) is 8.32 Å². The van der Waals surface area contributed by atoms with Crippen LogP contribution >= 0.6 is 0 Å². The van der Waals surface area contributed by atoms with E-state index in [1.807, 2.05) is 24.3 Å². The summed E-state index contributed by atoms with van der Waals surface area (Å²) in [6.07, 6.45) is 0. The molecule has 15 heavy (non-hydrogen) atoms. The number of hydrogen-bond donors (Lipinski definition) is 0. The van der Waals surface area contributed by atoms with Crippen molar-refractivity contribution in [2.24, 2.45) is 0 Å². The second-order valence-corrected chi connectivity index (χ2v) is 12.8. The quantitative estimate of drug-likeness (QED) is 0.729. The van der Waals surface area contributed by atoms with E-state index in [0.717, 1.165) is 5.39 Å². The van der Waals surface area contributed by atoms with Crippen LogP contribution in [0.3, 0.4) is 0 Å². The van der Waals surface area contributed by atoms with Crippen molar-refractivity contribution in [3.05, 3.63) is 40.6 Å². The molecule has 1 heterocycles. The van der Waals surface area contributed by atoms with Gasteiger partial charge in [0.15, 0.2) is 0 Å².